The van der Waals surface area contributed by atoms with Gasteiger partial charge in [-0.15, -0.1) is 0 Å². The second kappa shape index (κ2) is 4.11. The van der Waals surface area contributed by atoms with Gasteiger partial charge in [-0.2, -0.15) is 0 Å². The van der Waals surface area contributed by atoms with Crippen molar-refractivity contribution in [1.29, 1.82) is 0 Å². The summed E-state index contributed by atoms with van der Waals surface area (Å²) >= 11 is 3.45. The Balaban J connectivity index is 2.65. The molecular weight excluding hydrogens is 254 g/mol. The van der Waals surface area contributed by atoms with Crippen molar-refractivity contribution in [2.75, 3.05) is 0 Å². The molecule has 0 saturated heterocycles. The van der Waals surface area contributed by atoms with E-state index in [1.54, 1.807) is 13.1 Å². The number of ketones is 1. The number of halogens is 1. The fourth-order valence-electron chi connectivity index (χ4n) is 1.62. The van der Waals surface area contributed by atoms with Crippen LogP contribution in [0.4, 0.5) is 0 Å². The van der Waals surface area contributed by atoms with Crippen molar-refractivity contribution in [3.05, 3.63) is 40.5 Å². The third-order valence-corrected chi connectivity index (χ3v) is 2.89. The van der Waals surface area contributed by atoms with Gasteiger partial charge in [0.2, 0.25) is 0 Å². The molecule has 0 aliphatic carbocycles. The second-order valence-corrected chi connectivity index (χ2v) is 4.34. The molecule has 0 spiro atoms. The molecule has 0 radical (unpaired) electrons. The number of aromatic nitrogens is 1. The van der Waals surface area contributed by atoms with Crippen molar-refractivity contribution in [1.82, 2.24) is 4.98 Å². The third-order valence-electron chi connectivity index (χ3n) is 2.25. The Kier molecular flexibility index (Phi) is 2.82. The third kappa shape index (κ3) is 2.07. The van der Waals surface area contributed by atoms with E-state index in [1.807, 2.05) is 24.3 Å². The summed E-state index contributed by atoms with van der Waals surface area (Å²) in [6.45, 7) is 1.60. The van der Waals surface area contributed by atoms with Gasteiger partial charge in [0.1, 0.15) is 5.78 Å². The standard InChI is InChI=1S/C12H10BrNO/c1-8(15)7-9-5-6-14-12-10(9)3-2-4-11(12)13/h2-6H,7H2,1H3. The van der Waals surface area contributed by atoms with Crippen LogP contribution in [0, 0.1) is 0 Å². The Morgan fingerprint density at radius 3 is 2.93 bits per heavy atom. The molecule has 2 aromatic rings. The SMILES string of the molecule is CC(=O)Cc1ccnc2c(Br)cccc12. The van der Waals surface area contributed by atoms with Gasteiger partial charge < -0.3 is 0 Å². The molecule has 1 heterocycles. The molecule has 76 valence electrons. The lowest BCUT2D eigenvalue weighted by Crippen LogP contribution is -1.97. The molecule has 0 aliphatic heterocycles. The summed E-state index contributed by atoms with van der Waals surface area (Å²) in [4.78, 5) is 15.4. The van der Waals surface area contributed by atoms with Gasteiger partial charge in [0.25, 0.3) is 0 Å². The average molecular weight is 264 g/mol. The minimum atomic E-state index is 0.169. The normalized spacial score (nSPS) is 10.5. The minimum absolute atomic E-state index is 0.169. The first-order valence-electron chi connectivity index (χ1n) is 4.70. The van der Waals surface area contributed by atoms with E-state index >= 15 is 0 Å². The summed E-state index contributed by atoms with van der Waals surface area (Å²) in [5.41, 5.74) is 1.95. The van der Waals surface area contributed by atoms with Gasteiger partial charge in [-0.1, -0.05) is 12.1 Å². The number of hydrogen-bond donors (Lipinski definition) is 0. The second-order valence-electron chi connectivity index (χ2n) is 3.48. The lowest BCUT2D eigenvalue weighted by molar-refractivity contribution is -0.116. The highest BCUT2D eigenvalue weighted by Gasteiger charge is 2.05. The van der Waals surface area contributed by atoms with Crippen LogP contribution in [0.5, 0.6) is 0 Å². The quantitative estimate of drug-likeness (QED) is 0.834. The van der Waals surface area contributed by atoms with Crippen LogP contribution in [0.25, 0.3) is 10.9 Å². The lowest BCUT2D eigenvalue weighted by Gasteiger charge is -2.04. The Morgan fingerprint density at radius 1 is 1.40 bits per heavy atom. The highest BCUT2D eigenvalue weighted by atomic mass is 79.9. The number of Topliss-reactive ketones (excluding diaryl/α,β-unsaturated/α-hetero) is 1. The van der Waals surface area contributed by atoms with Gasteiger partial charge in [-0.05, 0) is 40.5 Å². The summed E-state index contributed by atoms with van der Waals surface area (Å²) in [6.07, 6.45) is 2.21. The van der Waals surface area contributed by atoms with Gasteiger partial charge in [0.05, 0.1) is 5.52 Å². The van der Waals surface area contributed by atoms with Crippen LogP contribution in [0.3, 0.4) is 0 Å². The predicted molar refractivity (Wildman–Crippen MR) is 63.8 cm³/mol. The molecule has 2 nitrogen and oxygen atoms in total. The first-order valence-corrected chi connectivity index (χ1v) is 5.49. The molecule has 0 amide bonds. The number of carbonyl (C=O) groups excluding carboxylic acids is 1. The van der Waals surface area contributed by atoms with Gasteiger partial charge >= 0.3 is 0 Å². The van der Waals surface area contributed by atoms with E-state index < -0.39 is 0 Å². The number of hydrogen-bond acceptors (Lipinski definition) is 2. The Labute approximate surface area is 96.5 Å². The zero-order valence-electron chi connectivity index (χ0n) is 8.33. The molecule has 0 aliphatic rings. The first-order chi connectivity index (χ1) is 7.18. The van der Waals surface area contributed by atoms with Crippen molar-refractivity contribution in [3.63, 3.8) is 0 Å². The highest BCUT2D eigenvalue weighted by Crippen LogP contribution is 2.24. The number of fused-ring (bicyclic) bond motifs is 1. The molecule has 1 aromatic heterocycles. The number of carbonyl (C=O) groups is 1. The molecule has 0 atom stereocenters. The largest absolute Gasteiger partial charge is 0.300 e. The number of nitrogens with zero attached hydrogens (tertiary/aromatic N) is 1. The van der Waals surface area contributed by atoms with Crippen molar-refractivity contribution in [2.45, 2.75) is 13.3 Å². The van der Waals surface area contributed by atoms with Gasteiger partial charge in [-0.25, -0.2) is 0 Å². The molecule has 0 unspecified atom stereocenters. The fourth-order valence-corrected chi connectivity index (χ4v) is 2.09. The van der Waals surface area contributed by atoms with Crippen LogP contribution in [0.15, 0.2) is 34.9 Å². The molecule has 3 heteroatoms. The summed E-state index contributed by atoms with van der Waals surface area (Å²) in [6, 6.07) is 7.80. The summed E-state index contributed by atoms with van der Waals surface area (Å²) in [5, 5.41) is 1.04. The summed E-state index contributed by atoms with van der Waals surface area (Å²) in [7, 11) is 0. The number of para-hydroxylation sites is 1. The maximum atomic E-state index is 11.1. The van der Waals surface area contributed by atoms with E-state index in [9.17, 15) is 4.79 Å². The fraction of sp³-hybridized carbons (Fsp3) is 0.167. The lowest BCUT2D eigenvalue weighted by atomic mass is 10.0. The molecule has 0 fully saturated rings. The topological polar surface area (TPSA) is 30.0 Å². The number of benzene rings is 1. The van der Waals surface area contributed by atoms with E-state index in [-0.39, 0.29) is 5.78 Å². The van der Waals surface area contributed by atoms with E-state index in [4.69, 9.17) is 0 Å². The van der Waals surface area contributed by atoms with Crippen LogP contribution < -0.4 is 0 Å². The highest BCUT2D eigenvalue weighted by molar-refractivity contribution is 9.10. The molecule has 1 aromatic carbocycles. The van der Waals surface area contributed by atoms with Crippen LogP contribution in [-0.4, -0.2) is 10.8 Å². The van der Waals surface area contributed by atoms with Crippen molar-refractivity contribution in [3.8, 4) is 0 Å². The van der Waals surface area contributed by atoms with Crippen LogP contribution in [0.1, 0.15) is 12.5 Å². The van der Waals surface area contributed by atoms with E-state index in [0.717, 1.165) is 20.9 Å². The van der Waals surface area contributed by atoms with Crippen molar-refractivity contribution in [2.24, 2.45) is 0 Å². The van der Waals surface area contributed by atoms with Crippen molar-refractivity contribution >= 4 is 32.6 Å². The predicted octanol–water partition coefficient (Wildman–Crippen LogP) is 3.13. The van der Waals surface area contributed by atoms with Crippen LogP contribution in [-0.2, 0) is 11.2 Å². The smallest absolute Gasteiger partial charge is 0.134 e. The van der Waals surface area contributed by atoms with Gasteiger partial charge in [0.15, 0.2) is 0 Å². The molecular formula is C12H10BrNO. The monoisotopic (exact) mass is 263 g/mol. The first kappa shape index (κ1) is 10.3. The van der Waals surface area contributed by atoms with E-state index in [1.165, 1.54) is 0 Å². The number of rotatable bonds is 2. The Bertz CT molecular complexity index is 522. The van der Waals surface area contributed by atoms with Crippen LogP contribution in [0.2, 0.25) is 0 Å². The summed E-state index contributed by atoms with van der Waals surface area (Å²) < 4.78 is 0.963. The Hall–Kier alpha value is -1.22. The maximum Gasteiger partial charge on any atom is 0.134 e. The molecule has 2 rings (SSSR count). The average Bonchev–Trinajstić information content (AvgIpc) is 2.19. The maximum absolute atomic E-state index is 11.1. The minimum Gasteiger partial charge on any atom is -0.300 e. The van der Waals surface area contributed by atoms with Crippen LogP contribution >= 0.6 is 15.9 Å². The summed E-state index contributed by atoms with van der Waals surface area (Å²) in [5.74, 6) is 0.169. The molecule has 15 heavy (non-hydrogen) atoms. The Morgan fingerprint density at radius 2 is 2.20 bits per heavy atom. The van der Waals surface area contributed by atoms with E-state index in [0.29, 0.717) is 6.42 Å². The van der Waals surface area contributed by atoms with Crippen molar-refractivity contribution < 1.29 is 4.79 Å². The van der Waals surface area contributed by atoms with Gasteiger partial charge in [0, 0.05) is 22.5 Å². The number of pyridine rings is 1. The molecule has 0 saturated carbocycles. The zero-order chi connectivity index (χ0) is 10.8. The molecule has 0 bridgehead atoms. The van der Waals surface area contributed by atoms with Gasteiger partial charge in [-0.3, -0.25) is 9.78 Å². The zero-order valence-corrected chi connectivity index (χ0v) is 9.91. The molecule has 0 N–H and O–H groups in total. The van der Waals surface area contributed by atoms with E-state index in [2.05, 4.69) is 20.9 Å².